The topological polar surface area (TPSA) is 17.1 Å². The predicted molar refractivity (Wildman–Crippen MR) is 50.3 cm³/mol. The number of unbranched alkanes of at least 4 members (excludes halogenated alkanes) is 1. The summed E-state index contributed by atoms with van der Waals surface area (Å²) in [5.74, 6) is -0.200. The van der Waals surface area contributed by atoms with Gasteiger partial charge in [-0.15, -0.1) is 0 Å². The Bertz CT molecular complexity index is 277. The summed E-state index contributed by atoms with van der Waals surface area (Å²) in [5.41, 5.74) is 0.606. The van der Waals surface area contributed by atoms with E-state index < -0.39 is 0 Å². The van der Waals surface area contributed by atoms with E-state index in [0.717, 1.165) is 12.8 Å². The zero-order valence-corrected chi connectivity index (χ0v) is 7.72. The Hall–Kier alpha value is -1.18. The summed E-state index contributed by atoms with van der Waals surface area (Å²) in [6.45, 7) is 2.04. The number of benzene rings is 1. The molecule has 0 aliphatic heterocycles. The van der Waals surface area contributed by atoms with Crippen LogP contribution in [-0.4, -0.2) is 5.78 Å². The van der Waals surface area contributed by atoms with Gasteiger partial charge in [0.2, 0.25) is 0 Å². The summed E-state index contributed by atoms with van der Waals surface area (Å²) >= 11 is 0. The van der Waals surface area contributed by atoms with Crippen LogP contribution in [0.1, 0.15) is 36.5 Å². The number of halogens is 1. The maximum atomic E-state index is 12.5. The standard InChI is InChI=1S/C11H13FO/c1-2-3-4-11(13)9-5-7-10(12)8-6-9/h5-8H,2-4H2,1H3. The van der Waals surface area contributed by atoms with Gasteiger partial charge in [0.05, 0.1) is 0 Å². The Morgan fingerprint density at radius 3 is 2.46 bits per heavy atom. The first-order valence-corrected chi connectivity index (χ1v) is 4.53. The largest absolute Gasteiger partial charge is 0.294 e. The molecule has 0 radical (unpaired) electrons. The molecular weight excluding hydrogens is 167 g/mol. The number of ketones is 1. The van der Waals surface area contributed by atoms with Gasteiger partial charge in [-0.2, -0.15) is 0 Å². The molecule has 0 amide bonds. The summed E-state index contributed by atoms with van der Waals surface area (Å²) in [7, 11) is 0. The smallest absolute Gasteiger partial charge is 0.162 e. The number of rotatable bonds is 4. The molecule has 0 spiro atoms. The number of carbonyl (C=O) groups is 1. The van der Waals surface area contributed by atoms with Crippen LogP contribution in [0.3, 0.4) is 0 Å². The van der Waals surface area contributed by atoms with E-state index in [2.05, 4.69) is 0 Å². The molecule has 0 aliphatic carbocycles. The van der Waals surface area contributed by atoms with Crippen LogP contribution in [0.2, 0.25) is 0 Å². The molecule has 1 aromatic rings. The molecule has 0 heterocycles. The number of hydrogen-bond acceptors (Lipinski definition) is 1. The summed E-state index contributed by atoms with van der Waals surface area (Å²) in [6, 6.07) is 5.71. The van der Waals surface area contributed by atoms with Crippen molar-refractivity contribution in [3.8, 4) is 0 Å². The average Bonchev–Trinajstić information content (AvgIpc) is 2.15. The van der Waals surface area contributed by atoms with Crippen LogP contribution in [0, 0.1) is 5.82 Å². The second-order valence-corrected chi connectivity index (χ2v) is 3.03. The van der Waals surface area contributed by atoms with Crippen LogP contribution >= 0.6 is 0 Å². The lowest BCUT2D eigenvalue weighted by atomic mass is 10.1. The first-order valence-electron chi connectivity index (χ1n) is 4.53. The van der Waals surface area contributed by atoms with Crippen molar-refractivity contribution in [1.82, 2.24) is 0 Å². The van der Waals surface area contributed by atoms with E-state index in [-0.39, 0.29) is 11.6 Å². The molecule has 1 aromatic carbocycles. The minimum Gasteiger partial charge on any atom is -0.294 e. The summed E-state index contributed by atoms with van der Waals surface area (Å²) < 4.78 is 12.5. The van der Waals surface area contributed by atoms with Crippen LogP contribution in [0.5, 0.6) is 0 Å². The minimum absolute atomic E-state index is 0.0989. The van der Waals surface area contributed by atoms with Crippen LogP contribution < -0.4 is 0 Å². The van der Waals surface area contributed by atoms with Crippen molar-refractivity contribution in [1.29, 1.82) is 0 Å². The molecule has 0 aliphatic rings. The third kappa shape index (κ3) is 2.98. The SMILES string of the molecule is CCCCC(=O)c1ccc(F)cc1. The maximum absolute atomic E-state index is 12.5. The van der Waals surface area contributed by atoms with Gasteiger partial charge in [0.1, 0.15) is 5.82 Å². The van der Waals surface area contributed by atoms with E-state index in [4.69, 9.17) is 0 Å². The van der Waals surface area contributed by atoms with Gasteiger partial charge in [-0.3, -0.25) is 4.79 Å². The van der Waals surface area contributed by atoms with E-state index >= 15 is 0 Å². The fourth-order valence-electron chi connectivity index (χ4n) is 1.12. The van der Waals surface area contributed by atoms with E-state index in [1.165, 1.54) is 24.3 Å². The van der Waals surface area contributed by atoms with Crippen molar-refractivity contribution in [3.05, 3.63) is 35.6 Å². The number of hydrogen-bond donors (Lipinski definition) is 0. The van der Waals surface area contributed by atoms with E-state index in [9.17, 15) is 9.18 Å². The van der Waals surface area contributed by atoms with E-state index in [1.54, 1.807) is 0 Å². The van der Waals surface area contributed by atoms with Crippen LogP contribution in [0.4, 0.5) is 4.39 Å². The van der Waals surface area contributed by atoms with Gasteiger partial charge in [0.15, 0.2) is 5.78 Å². The molecule has 1 nitrogen and oxygen atoms in total. The van der Waals surface area contributed by atoms with Crippen molar-refractivity contribution in [2.75, 3.05) is 0 Å². The summed E-state index contributed by atoms with van der Waals surface area (Å²) in [4.78, 5) is 11.4. The van der Waals surface area contributed by atoms with Gasteiger partial charge in [-0.1, -0.05) is 13.3 Å². The van der Waals surface area contributed by atoms with Crippen LogP contribution in [0.25, 0.3) is 0 Å². The van der Waals surface area contributed by atoms with Gasteiger partial charge < -0.3 is 0 Å². The first kappa shape index (κ1) is 9.90. The summed E-state index contributed by atoms with van der Waals surface area (Å²) in [6.07, 6.45) is 2.46. The van der Waals surface area contributed by atoms with Crippen molar-refractivity contribution >= 4 is 5.78 Å². The molecule has 0 saturated carbocycles. The number of carbonyl (C=O) groups excluding carboxylic acids is 1. The van der Waals surface area contributed by atoms with Gasteiger partial charge in [0.25, 0.3) is 0 Å². The quantitative estimate of drug-likeness (QED) is 0.650. The van der Waals surface area contributed by atoms with Gasteiger partial charge in [-0.05, 0) is 30.7 Å². The Balaban J connectivity index is 2.61. The highest BCUT2D eigenvalue weighted by atomic mass is 19.1. The lowest BCUT2D eigenvalue weighted by Gasteiger charge is -1.98. The molecular formula is C11H13FO. The normalized spacial score (nSPS) is 10.0. The Kier molecular flexibility index (Phi) is 3.62. The Morgan fingerprint density at radius 2 is 1.92 bits per heavy atom. The molecule has 0 atom stereocenters. The molecule has 13 heavy (non-hydrogen) atoms. The second-order valence-electron chi connectivity index (χ2n) is 3.03. The zero-order chi connectivity index (χ0) is 9.68. The van der Waals surface area contributed by atoms with Crippen LogP contribution in [-0.2, 0) is 0 Å². The average molecular weight is 180 g/mol. The molecule has 70 valence electrons. The second kappa shape index (κ2) is 4.75. The lowest BCUT2D eigenvalue weighted by Crippen LogP contribution is -1.98. The third-order valence-electron chi connectivity index (χ3n) is 1.92. The van der Waals surface area contributed by atoms with Gasteiger partial charge in [-0.25, -0.2) is 4.39 Å². The van der Waals surface area contributed by atoms with E-state index in [1.807, 2.05) is 6.92 Å². The van der Waals surface area contributed by atoms with E-state index in [0.29, 0.717) is 12.0 Å². The number of Topliss-reactive ketones (excluding diaryl/α,β-unsaturated/α-hetero) is 1. The molecule has 0 aromatic heterocycles. The van der Waals surface area contributed by atoms with Gasteiger partial charge >= 0.3 is 0 Å². The molecule has 0 saturated heterocycles. The molecule has 0 unspecified atom stereocenters. The molecule has 0 fully saturated rings. The maximum Gasteiger partial charge on any atom is 0.162 e. The summed E-state index contributed by atoms with van der Waals surface area (Å²) in [5, 5.41) is 0. The molecule has 0 N–H and O–H groups in total. The highest BCUT2D eigenvalue weighted by Crippen LogP contribution is 2.07. The first-order chi connectivity index (χ1) is 6.24. The lowest BCUT2D eigenvalue weighted by molar-refractivity contribution is 0.0980. The van der Waals surface area contributed by atoms with Crippen molar-refractivity contribution in [2.24, 2.45) is 0 Å². The highest BCUT2D eigenvalue weighted by Gasteiger charge is 2.03. The van der Waals surface area contributed by atoms with Crippen molar-refractivity contribution in [3.63, 3.8) is 0 Å². The highest BCUT2D eigenvalue weighted by molar-refractivity contribution is 5.95. The van der Waals surface area contributed by atoms with Gasteiger partial charge in [0, 0.05) is 12.0 Å². The predicted octanol–water partition coefficient (Wildman–Crippen LogP) is 3.20. The van der Waals surface area contributed by atoms with Crippen LogP contribution in [0.15, 0.2) is 24.3 Å². The minimum atomic E-state index is -0.299. The Labute approximate surface area is 77.6 Å². The Morgan fingerprint density at radius 1 is 1.31 bits per heavy atom. The fraction of sp³-hybridized carbons (Fsp3) is 0.364. The van der Waals surface area contributed by atoms with Crippen molar-refractivity contribution < 1.29 is 9.18 Å². The zero-order valence-electron chi connectivity index (χ0n) is 7.72. The van der Waals surface area contributed by atoms with Crippen molar-refractivity contribution in [2.45, 2.75) is 26.2 Å². The molecule has 1 rings (SSSR count). The molecule has 0 bridgehead atoms. The monoisotopic (exact) mass is 180 g/mol. The molecule has 2 heteroatoms. The fourth-order valence-corrected chi connectivity index (χ4v) is 1.12. The third-order valence-corrected chi connectivity index (χ3v) is 1.92.